The number of rotatable bonds is 3. The van der Waals surface area contributed by atoms with Crippen molar-refractivity contribution in [3.8, 4) is 0 Å². The average molecular weight is 270 g/mol. The summed E-state index contributed by atoms with van der Waals surface area (Å²) in [6.45, 7) is 1.58. The molecule has 2 aromatic rings. The average Bonchev–Trinajstić information content (AvgIpc) is 2.54. The van der Waals surface area contributed by atoms with Crippen molar-refractivity contribution in [2.75, 3.05) is 19.8 Å². The van der Waals surface area contributed by atoms with Crippen LogP contribution in [0.2, 0.25) is 0 Å². The van der Waals surface area contributed by atoms with Gasteiger partial charge in [-0.25, -0.2) is 0 Å². The van der Waals surface area contributed by atoms with Crippen molar-refractivity contribution in [2.45, 2.75) is 12.8 Å². The maximum atomic E-state index is 12.8. The molecular formula is C16H18N2O2. The van der Waals surface area contributed by atoms with Gasteiger partial charge in [-0.2, -0.15) is 0 Å². The minimum Gasteiger partial charge on any atom is -0.381 e. The molecule has 1 fully saturated rings. The van der Waals surface area contributed by atoms with Crippen molar-refractivity contribution in [3.63, 3.8) is 0 Å². The van der Waals surface area contributed by atoms with Crippen molar-refractivity contribution < 1.29 is 9.53 Å². The fourth-order valence-corrected chi connectivity index (χ4v) is 2.80. The van der Waals surface area contributed by atoms with Gasteiger partial charge in [0.05, 0.1) is 10.9 Å². The molecule has 0 amide bonds. The summed E-state index contributed by atoms with van der Waals surface area (Å²) in [6, 6.07) is 9.57. The van der Waals surface area contributed by atoms with Crippen LogP contribution in [0.1, 0.15) is 23.2 Å². The lowest BCUT2D eigenvalue weighted by atomic mass is 9.74. The summed E-state index contributed by atoms with van der Waals surface area (Å²) >= 11 is 0. The van der Waals surface area contributed by atoms with E-state index in [1.54, 1.807) is 6.20 Å². The molecule has 104 valence electrons. The summed E-state index contributed by atoms with van der Waals surface area (Å²) < 4.78 is 5.36. The highest BCUT2D eigenvalue weighted by Crippen LogP contribution is 2.33. The Hall–Kier alpha value is -1.78. The Morgan fingerprint density at radius 3 is 2.85 bits per heavy atom. The van der Waals surface area contributed by atoms with Crippen LogP contribution >= 0.6 is 0 Å². The van der Waals surface area contributed by atoms with E-state index in [1.807, 2.05) is 30.3 Å². The van der Waals surface area contributed by atoms with Crippen molar-refractivity contribution in [3.05, 3.63) is 42.1 Å². The lowest BCUT2D eigenvalue weighted by Crippen LogP contribution is -2.43. The number of ether oxygens (including phenoxy) is 1. The van der Waals surface area contributed by atoms with E-state index in [-0.39, 0.29) is 5.78 Å². The number of benzene rings is 1. The van der Waals surface area contributed by atoms with Crippen LogP contribution < -0.4 is 5.73 Å². The number of carbonyl (C=O) groups excluding carboxylic acids is 1. The molecule has 1 aliphatic heterocycles. The standard InChI is InChI=1S/C16H18N2O2/c17-11-16(5-8-20-9-6-16)15(19)13-4-3-12-2-1-7-18-14(12)10-13/h1-4,7,10H,5-6,8-9,11,17H2. The Morgan fingerprint density at radius 2 is 2.10 bits per heavy atom. The van der Waals surface area contributed by atoms with Gasteiger partial charge in [-0.1, -0.05) is 18.2 Å². The molecule has 1 saturated heterocycles. The third kappa shape index (κ3) is 2.21. The Labute approximate surface area is 117 Å². The van der Waals surface area contributed by atoms with Crippen molar-refractivity contribution >= 4 is 16.7 Å². The van der Waals surface area contributed by atoms with Gasteiger partial charge in [0.15, 0.2) is 5.78 Å². The van der Waals surface area contributed by atoms with Gasteiger partial charge in [0.2, 0.25) is 0 Å². The number of hydrogen-bond acceptors (Lipinski definition) is 4. The Bertz CT molecular complexity index is 633. The molecule has 0 radical (unpaired) electrons. The van der Waals surface area contributed by atoms with Gasteiger partial charge >= 0.3 is 0 Å². The van der Waals surface area contributed by atoms with E-state index >= 15 is 0 Å². The van der Waals surface area contributed by atoms with Crippen LogP contribution in [0.4, 0.5) is 0 Å². The third-order valence-electron chi connectivity index (χ3n) is 4.19. The van der Waals surface area contributed by atoms with Gasteiger partial charge in [0.25, 0.3) is 0 Å². The van der Waals surface area contributed by atoms with Gasteiger partial charge in [-0.15, -0.1) is 0 Å². The number of hydrogen-bond donors (Lipinski definition) is 1. The summed E-state index contributed by atoms with van der Waals surface area (Å²) in [6.07, 6.45) is 3.13. The maximum Gasteiger partial charge on any atom is 0.170 e. The van der Waals surface area contributed by atoms with Crippen molar-refractivity contribution in [1.29, 1.82) is 0 Å². The third-order valence-corrected chi connectivity index (χ3v) is 4.19. The lowest BCUT2D eigenvalue weighted by molar-refractivity contribution is 0.0200. The van der Waals surface area contributed by atoms with Crippen molar-refractivity contribution in [1.82, 2.24) is 4.98 Å². The molecule has 0 unspecified atom stereocenters. The molecule has 20 heavy (non-hydrogen) atoms. The molecule has 1 aliphatic rings. The second kappa shape index (κ2) is 5.31. The van der Waals surface area contributed by atoms with Gasteiger partial charge in [0, 0.05) is 36.9 Å². The number of nitrogens with two attached hydrogens (primary N) is 1. The first kappa shape index (κ1) is 13.2. The van der Waals surface area contributed by atoms with Gasteiger partial charge in [-0.05, 0) is 25.0 Å². The van der Waals surface area contributed by atoms with Crippen LogP contribution in [0.5, 0.6) is 0 Å². The number of pyridine rings is 1. The number of nitrogens with zero attached hydrogens (tertiary/aromatic N) is 1. The normalized spacial score (nSPS) is 18.1. The molecule has 2 N–H and O–H groups in total. The predicted molar refractivity (Wildman–Crippen MR) is 77.6 cm³/mol. The molecule has 3 rings (SSSR count). The second-order valence-electron chi connectivity index (χ2n) is 5.34. The Balaban J connectivity index is 1.98. The maximum absolute atomic E-state index is 12.8. The molecular weight excluding hydrogens is 252 g/mol. The summed E-state index contributed by atoms with van der Waals surface area (Å²) in [5.41, 5.74) is 6.97. The summed E-state index contributed by atoms with van der Waals surface area (Å²) in [7, 11) is 0. The zero-order chi connectivity index (χ0) is 14.0. The molecule has 0 bridgehead atoms. The molecule has 4 nitrogen and oxygen atoms in total. The lowest BCUT2D eigenvalue weighted by Gasteiger charge is -2.34. The second-order valence-corrected chi connectivity index (χ2v) is 5.34. The van der Waals surface area contributed by atoms with E-state index < -0.39 is 5.41 Å². The highest BCUT2D eigenvalue weighted by Gasteiger charge is 2.39. The molecule has 0 saturated carbocycles. The Kier molecular flexibility index (Phi) is 3.51. The van der Waals surface area contributed by atoms with Crippen LogP contribution in [-0.2, 0) is 4.74 Å². The number of fused-ring (bicyclic) bond motifs is 1. The van der Waals surface area contributed by atoms with Crippen LogP contribution in [0.3, 0.4) is 0 Å². The van der Waals surface area contributed by atoms with Crippen LogP contribution in [0, 0.1) is 5.41 Å². The SMILES string of the molecule is NCC1(C(=O)c2ccc3cccnc3c2)CCOCC1. The van der Waals surface area contributed by atoms with Gasteiger partial charge in [-0.3, -0.25) is 9.78 Å². The molecule has 0 aliphatic carbocycles. The monoisotopic (exact) mass is 270 g/mol. The molecule has 1 aromatic heterocycles. The smallest absolute Gasteiger partial charge is 0.170 e. The van der Waals surface area contributed by atoms with Gasteiger partial charge < -0.3 is 10.5 Å². The largest absolute Gasteiger partial charge is 0.381 e. The molecule has 0 atom stereocenters. The zero-order valence-corrected chi connectivity index (χ0v) is 11.3. The highest BCUT2D eigenvalue weighted by molar-refractivity contribution is 6.03. The van der Waals surface area contributed by atoms with E-state index in [2.05, 4.69) is 4.98 Å². The topological polar surface area (TPSA) is 65.2 Å². The van der Waals surface area contributed by atoms with Crippen LogP contribution in [0.15, 0.2) is 36.5 Å². The number of Topliss-reactive ketones (excluding diaryl/α,β-unsaturated/α-hetero) is 1. The Morgan fingerprint density at radius 1 is 1.30 bits per heavy atom. The van der Waals surface area contributed by atoms with Gasteiger partial charge in [0.1, 0.15) is 0 Å². The quantitative estimate of drug-likeness (QED) is 0.868. The fraction of sp³-hybridized carbons (Fsp3) is 0.375. The van der Waals surface area contributed by atoms with E-state index in [0.717, 1.165) is 10.9 Å². The van der Waals surface area contributed by atoms with Crippen LogP contribution in [0.25, 0.3) is 10.9 Å². The molecule has 1 aromatic carbocycles. The minimum atomic E-state index is -0.472. The minimum absolute atomic E-state index is 0.121. The number of ketones is 1. The first-order valence-electron chi connectivity index (χ1n) is 6.93. The first-order valence-corrected chi connectivity index (χ1v) is 6.93. The predicted octanol–water partition coefficient (Wildman–Crippen LogP) is 2.17. The highest BCUT2D eigenvalue weighted by atomic mass is 16.5. The summed E-state index contributed by atoms with van der Waals surface area (Å²) in [4.78, 5) is 17.1. The number of aromatic nitrogens is 1. The van der Waals surface area contributed by atoms with E-state index in [4.69, 9.17) is 10.5 Å². The van der Waals surface area contributed by atoms with Crippen molar-refractivity contribution in [2.24, 2.45) is 11.1 Å². The number of carbonyl (C=O) groups is 1. The molecule has 2 heterocycles. The van der Waals surface area contributed by atoms with E-state index in [9.17, 15) is 4.79 Å². The van der Waals surface area contributed by atoms with E-state index in [1.165, 1.54) is 0 Å². The molecule has 4 heteroatoms. The summed E-state index contributed by atoms with van der Waals surface area (Å²) in [5.74, 6) is 0.121. The first-order chi connectivity index (χ1) is 9.75. The summed E-state index contributed by atoms with van der Waals surface area (Å²) in [5, 5.41) is 1.04. The zero-order valence-electron chi connectivity index (χ0n) is 11.3. The van der Waals surface area contributed by atoms with Crippen LogP contribution in [-0.4, -0.2) is 30.5 Å². The van der Waals surface area contributed by atoms with E-state index in [0.29, 0.717) is 38.2 Å². The molecule has 0 spiro atoms. The fourth-order valence-electron chi connectivity index (χ4n) is 2.80.